The molecule has 3 aromatic rings. The van der Waals surface area contributed by atoms with Crippen LogP contribution < -0.4 is 0 Å². The second-order valence-electron chi connectivity index (χ2n) is 7.84. The number of hydrogen-bond acceptors (Lipinski definition) is 2. The zero-order valence-corrected chi connectivity index (χ0v) is 14.6. The molecule has 21 heavy (non-hydrogen) atoms. The summed E-state index contributed by atoms with van der Waals surface area (Å²) in [4.78, 5) is 4.95. The molecule has 110 valence electrons. The number of thiazole rings is 1. The SMILES string of the molecule is CC(C)(C)c1nc2c(cc(C(C)(C)C)c3ccccc32)s1. The summed E-state index contributed by atoms with van der Waals surface area (Å²) >= 11 is 1.84. The second kappa shape index (κ2) is 4.54. The highest BCUT2D eigenvalue weighted by molar-refractivity contribution is 7.18. The van der Waals surface area contributed by atoms with Gasteiger partial charge in [0.25, 0.3) is 0 Å². The third kappa shape index (κ3) is 2.46. The van der Waals surface area contributed by atoms with Gasteiger partial charge in [0.1, 0.15) is 0 Å². The van der Waals surface area contributed by atoms with Crippen molar-refractivity contribution in [2.45, 2.75) is 52.4 Å². The van der Waals surface area contributed by atoms with E-state index in [-0.39, 0.29) is 10.8 Å². The van der Waals surface area contributed by atoms with E-state index in [2.05, 4.69) is 71.9 Å². The fraction of sp³-hybridized carbons (Fsp3) is 0.421. The smallest absolute Gasteiger partial charge is 0.0992 e. The number of aromatic nitrogens is 1. The van der Waals surface area contributed by atoms with E-state index in [9.17, 15) is 0 Å². The molecule has 0 spiro atoms. The zero-order valence-electron chi connectivity index (χ0n) is 13.7. The van der Waals surface area contributed by atoms with E-state index in [1.165, 1.54) is 26.0 Å². The van der Waals surface area contributed by atoms with Crippen molar-refractivity contribution >= 4 is 32.3 Å². The zero-order chi connectivity index (χ0) is 15.4. The topological polar surface area (TPSA) is 12.9 Å². The standard InChI is InChI=1S/C19H23NS/c1-18(2,3)14-11-15-16(13-10-8-7-9-12(13)14)20-17(21-15)19(4,5)6/h7-11H,1-6H3. The van der Waals surface area contributed by atoms with Crippen LogP contribution in [0.2, 0.25) is 0 Å². The minimum absolute atomic E-state index is 0.104. The van der Waals surface area contributed by atoms with Gasteiger partial charge in [-0.1, -0.05) is 65.8 Å². The minimum atomic E-state index is 0.104. The van der Waals surface area contributed by atoms with Crippen LogP contribution in [-0.2, 0) is 10.8 Å². The van der Waals surface area contributed by atoms with Crippen molar-refractivity contribution in [3.8, 4) is 0 Å². The maximum absolute atomic E-state index is 4.95. The van der Waals surface area contributed by atoms with Crippen molar-refractivity contribution in [2.24, 2.45) is 0 Å². The van der Waals surface area contributed by atoms with Gasteiger partial charge in [0.05, 0.1) is 15.2 Å². The fourth-order valence-electron chi connectivity index (χ4n) is 2.70. The maximum Gasteiger partial charge on any atom is 0.0992 e. The quantitative estimate of drug-likeness (QED) is 0.492. The summed E-state index contributed by atoms with van der Waals surface area (Å²) in [7, 11) is 0. The molecule has 0 amide bonds. The van der Waals surface area contributed by atoms with Crippen LogP contribution in [0, 0.1) is 0 Å². The van der Waals surface area contributed by atoms with Crippen molar-refractivity contribution in [2.75, 3.05) is 0 Å². The summed E-state index contributed by atoms with van der Waals surface area (Å²) in [6.07, 6.45) is 0. The van der Waals surface area contributed by atoms with Gasteiger partial charge in [0.15, 0.2) is 0 Å². The van der Waals surface area contributed by atoms with Gasteiger partial charge >= 0.3 is 0 Å². The molecule has 0 atom stereocenters. The van der Waals surface area contributed by atoms with Crippen molar-refractivity contribution < 1.29 is 0 Å². The Bertz CT molecular complexity index is 813. The molecule has 1 heterocycles. The predicted molar refractivity (Wildman–Crippen MR) is 94.5 cm³/mol. The molecule has 1 aromatic heterocycles. The number of fused-ring (bicyclic) bond motifs is 3. The Kier molecular flexibility index (Phi) is 3.14. The van der Waals surface area contributed by atoms with Gasteiger partial charge in [0, 0.05) is 10.8 Å². The second-order valence-corrected chi connectivity index (χ2v) is 8.87. The Labute approximate surface area is 131 Å². The van der Waals surface area contributed by atoms with Crippen LogP contribution in [0.15, 0.2) is 30.3 Å². The van der Waals surface area contributed by atoms with Gasteiger partial charge in [-0.15, -0.1) is 11.3 Å². The Morgan fingerprint density at radius 1 is 0.857 bits per heavy atom. The number of nitrogens with zero attached hydrogens (tertiary/aromatic N) is 1. The molecule has 0 aliphatic carbocycles. The molecular weight excluding hydrogens is 274 g/mol. The maximum atomic E-state index is 4.95. The van der Waals surface area contributed by atoms with Crippen LogP contribution in [0.4, 0.5) is 0 Å². The summed E-state index contributed by atoms with van der Waals surface area (Å²) in [5.74, 6) is 0. The van der Waals surface area contributed by atoms with E-state index in [0.29, 0.717) is 0 Å². The van der Waals surface area contributed by atoms with Crippen LogP contribution in [-0.4, -0.2) is 4.98 Å². The highest BCUT2D eigenvalue weighted by atomic mass is 32.1. The molecular formula is C19H23NS. The lowest BCUT2D eigenvalue weighted by Crippen LogP contribution is -2.11. The lowest BCUT2D eigenvalue weighted by molar-refractivity contribution is 0.587. The molecule has 0 bridgehead atoms. The average molecular weight is 297 g/mol. The third-order valence-electron chi connectivity index (χ3n) is 3.85. The molecule has 0 unspecified atom stereocenters. The van der Waals surface area contributed by atoms with Crippen molar-refractivity contribution in [3.63, 3.8) is 0 Å². The first-order valence-corrected chi connectivity index (χ1v) is 8.33. The molecule has 0 aliphatic heterocycles. The van der Waals surface area contributed by atoms with Crippen molar-refractivity contribution in [1.82, 2.24) is 4.98 Å². The molecule has 0 radical (unpaired) electrons. The Morgan fingerprint density at radius 3 is 2.05 bits per heavy atom. The average Bonchev–Trinajstić information content (AvgIpc) is 2.80. The summed E-state index contributed by atoms with van der Waals surface area (Å²) < 4.78 is 1.31. The van der Waals surface area contributed by atoms with Crippen LogP contribution in [0.5, 0.6) is 0 Å². The first-order chi connectivity index (χ1) is 9.68. The molecule has 2 heteroatoms. The lowest BCUT2D eigenvalue weighted by Gasteiger charge is -2.21. The van der Waals surface area contributed by atoms with Crippen molar-refractivity contribution in [3.05, 3.63) is 40.9 Å². The Balaban J connectivity index is 2.44. The Morgan fingerprint density at radius 2 is 1.48 bits per heavy atom. The molecule has 0 fully saturated rings. The number of benzene rings is 2. The lowest BCUT2D eigenvalue weighted by atomic mass is 9.83. The molecule has 0 N–H and O–H groups in total. The Hall–Kier alpha value is -1.41. The van der Waals surface area contributed by atoms with Gasteiger partial charge in [-0.3, -0.25) is 0 Å². The predicted octanol–water partition coefficient (Wildman–Crippen LogP) is 6.04. The van der Waals surface area contributed by atoms with Gasteiger partial charge in [-0.25, -0.2) is 4.98 Å². The van der Waals surface area contributed by atoms with Gasteiger partial charge in [-0.2, -0.15) is 0 Å². The summed E-state index contributed by atoms with van der Waals surface area (Å²) in [5, 5.41) is 3.84. The van der Waals surface area contributed by atoms with E-state index in [0.717, 1.165) is 5.52 Å². The summed E-state index contributed by atoms with van der Waals surface area (Å²) in [6, 6.07) is 11.0. The highest BCUT2D eigenvalue weighted by Gasteiger charge is 2.23. The van der Waals surface area contributed by atoms with Crippen molar-refractivity contribution in [1.29, 1.82) is 0 Å². The molecule has 3 rings (SSSR count). The summed E-state index contributed by atoms with van der Waals surface area (Å²) in [5.41, 5.74) is 2.81. The summed E-state index contributed by atoms with van der Waals surface area (Å²) in [6.45, 7) is 13.6. The highest BCUT2D eigenvalue weighted by Crippen LogP contribution is 2.39. The molecule has 2 aromatic carbocycles. The van der Waals surface area contributed by atoms with Crippen LogP contribution >= 0.6 is 11.3 Å². The monoisotopic (exact) mass is 297 g/mol. The van der Waals surface area contributed by atoms with Gasteiger partial charge < -0.3 is 0 Å². The van der Waals surface area contributed by atoms with E-state index >= 15 is 0 Å². The van der Waals surface area contributed by atoms with Crippen LogP contribution in [0.3, 0.4) is 0 Å². The largest absolute Gasteiger partial charge is 0.240 e. The molecule has 0 aliphatic rings. The molecule has 0 saturated carbocycles. The van der Waals surface area contributed by atoms with E-state index in [4.69, 9.17) is 4.98 Å². The van der Waals surface area contributed by atoms with E-state index in [1.807, 2.05) is 11.3 Å². The van der Waals surface area contributed by atoms with Gasteiger partial charge in [0.2, 0.25) is 0 Å². The number of hydrogen-bond donors (Lipinski definition) is 0. The van der Waals surface area contributed by atoms with Crippen LogP contribution in [0.1, 0.15) is 52.1 Å². The fourth-order valence-corrected chi connectivity index (χ4v) is 3.78. The van der Waals surface area contributed by atoms with Crippen LogP contribution in [0.25, 0.3) is 21.0 Å². The number of rotatable bonds is 0. The van der Waals surface area contributed by atoms with E-state index in [1.54, 1.807) is 0 Å². The molecule has 1 nitrogen and oxygen atoms in total. The molecule has 0 saturated heterocycles. The first kappa shape index (κ1) is 14.5. The minimum Gasteiger partial charge on any atom is -0.240 e. The normalized spacial score (nSPS) is 13.2. The van der Waals surface area contributed by atoms with Gasteiger partial charge in [-0.05, 0) is 22.4 Å². The third-order valence-corrected chi connectivity index (χ3v) is 5.28. The van der Waals surface area contributed by atoms with E-state index < -0.39 is 0 Å². The first-order valence-electron chi connectivity index (χ1n) is 7.51.